The molecule has 0 fully saturated rings. The zero-order valence-corrected chi connectivity index (χ0v) is 19.5. The standard InChI is InChI=1S/C29H26FNO3/c1-18(2)28-27(22-11-13-25(30)20(4)15-22)23-12-10-19(3)14-24(23)29(31-28)34-17-26(32)33-16-21-8-6-5-7-9-21/h5-15H,1,16-17H2,2-4H3. The summed E-state index contributed by atoms with van der Waals surface area (Å²) in [6.07, 6.45) is 0. The summed E-state index contributed by atoms with van der Waals surface area (Å²) < 4.78 is 25.2. The molecule has 34 heavy (non-hydrogen) atoms. The van der Waals surface area contributed by atoms with E-state index in [1.807, 2.05) is 62.4 Å². The third kappa shape index (κ3) is 4.99. The van der Waals surface area contributed by atoms with Crippen molar-refractivity contribution in [3.05, 3.63) is 102 Å². The number of aromatic nitrogens is 1. The summed E-state index contributed by atoms with van der Waals surface area (Å²) in [5.74, 6) is -0.416. The fourth-order valence-corrected chi connectivity index (χ4v) is 3.82. The summed E-state index contributed by atoms with van der Waals surface area (Å²) in [6, 6.07) is 20.4. The van der Waals surface area contributed by atoms with Gasteiger partial charge >= 0.3 is 5.97 Å². The lowest BCUT2D eigenvalue weighted by Gasteiger charge is -2.17. The lowest BCUT2D eigenvalue weighted by atomic mass is 9.93. The number of nitrogens with zero attached hydrogens (tertiary/aromatic N) is 1. The molecule has 0 N–H and O–H groups in total. The Morgan fingerprint density at radius 2 is 1.76 bits per heavy atom. The number of rotatable bonds is 7. The molecule has 0 atom stereocenters. The number of halogens is 1. The van der Waals surface area contributed by atoms with Gasteiger partial charge in [0.05, 0.1) is 5.69 Å². The highest BCUT2D eigenvalue weighted by molar-refractivity contribution is 6.03. The number of carbonyl (C=O) groups is 1. The van der Waals surface area contributed by atoms with Crippen LogP contribution in [-0.2, 0) is 16.1 Å². The fourth-order valence-electron chi connectivity index (χ4n) is 3.82. The third-order valence-corrected chi connectivity index (χ3v) is 5.55. The van der Waals surface area contributed by atoms with Crippen LogP contribution in [0.3, 0.4) is 0 Å². The number of pyridine rings is 1. The van der Waals surface area contributed by atoms with E-state index in [0.717, 1.165) is 38.6 Å². The molecule has 1 aromatic heterocycles. The number of hydrogen-bond donors (Lipinski definition) is 0. The molecule has 0 aliphatic rings. The van der Waals surface area contributed by atoms with Crippen molar-refractivity contribution in [1.29, 1.82) is 0 Å². The number of ether oxygens (including phenoxy) is 2. The molecule has 0 aliphatic carbocycles. The molecule has 4 aromatic rings. The molecule has 4 nitrogen and oxygen atoms in total. The first-order valence-electron chi connectivity index (χ1n) is 11.0. The van der Waals surface area contributed by atoms with Crippen LogP contribution in [0.4, 0.5) is 4.39 Å². The minimum absolute atomic E-state index is 0.177. The molecular weight excluding hydrogens is 429 g/mol. The molecule has 0 saturated carbocycles. The molecule has 0 amide bonds. The zero-order valence-electron chi connectivity index (χ0n) is 19.5. The molecular formula is C29H26FNO3. The van der Waals surface area contributed by atoms with Crippen LogP contribution in [0.25, 0.3) is 27.5 Å². The van der Waals surface area contributed by atoms with Crippen LogP contribution in [0.1, 0.15) is 29.3 Å². The van der Waals surface area contributed by atoms with Gasteiger partial charge in [-0.3, -0.25) is 0 Å². The van der Waals surface area contributed by atoms with Gasteiger partial charge in [-0.2, -0.15) is 0 Å². The summed E-state index contributed by atoms with van der Waals surface area (Å²) in [6.45, 7) is 9.57. The topological polar surface area (TPSA) is 48.4 Å². The van der Waals surface area contributed by atoms with Crippen molar-refractivity contribution in [2.45, 2.75) is 27.4 Å². The third-order valence-electron chi connectivity index (χ3n) is 5.55. The predicted molar refractivity (Wildman–Crippen MR) is 133 cm³/mol. The number of hydrogen-bond acceptors (Lipinski definition) is 4. The monoisotopic (exact) mass is 455 g/mol. The quantitative estimate of drug-likeness (QED) is 0.287. The SMILES string of the molecule is C=C(C)c1nc(OCC(=O)OCc2ccccc2)c2cc(C)ccc2c1-c1ccc(F)c(C)c1. The van der Waals surface area contributed by atoms with Crippen molar-refractivity contribution >= 4 is 22.3 Å². The van der Waals surface area contributed by atoms with Crippen LogP contribution < -0.4 is 4.74 Å². The number of carbonyl (C=O) groups excluding carboxylic acids is 1. The van der Waals surface area contributed by atoms with Crippen LogP contribution in [-0.4, -0.2) is 17.6 Å². The van der Waals surface area contributed by atoms with E-state index in [9.17, 15) is 9.18 Å². The van der Waals surface area contributed by atoms with Gasteiger partial charge in [0.15, 0.2) is 6.61 Å². The Balaban J connectivity index is 1.70. The summed E-state index contributed by atoms with van der Waals surface area (Å²) in [5, 5.41) is 1.65. The molecule has 3 aromatic carbocycles. The highest BCUT2D eigenvalue weighted by Gasteiger charge is 2.19. The Kier molecular flexibility index (Phi) is 6.73. The van der Waals surface area contributed by atoms with Crippen molar-refractivity contribution in [3.8, 4) is 17.0 Å². The maximum Gasteiger partial charge on any atom is 0.344 e. The smallest absolute Gasteiger partial charge is 0.344 e. The van der Waals surface area contributed by atoms with Crippen molar-refractivity contribution < 1.29 is 18.7 Å². The van der Waals surface area contributed by atoms with Crippen LogP contribution >= 0.6 is 0 Å². The molecule has 0 saturated heterocycles. The van der Waals surface area contributed by atoms with E-state index in [1.165, 1.54) is 6.07 Å². The van der Waals surface area contributed by atoms with E-state index in [4.69, 9.17) is 14.5 Å². The van der Waals surface area contributed by atoms with Crippen molar-refractivity contribution in [1.82, 2.24) is 4.98 Å². The molecule has 0 unspecified atom stereocenters. The van der Waals surface area contributed by atoms with Crippen LogP contribution in [0.15, 0.2) is 73.3 Å². The van der Waals surface area contributed by atoms with Gasteiger partial charge in [0.25, 0.3) is 0 Å². The number of benzene rings is 3. The number of esters is 1. The van der Waals surface area contributed by atoms with E-state index in [-0.39, 0.29) is 19.0 Å². The molecule has 1 heterocycles. The molecule has 0 bridgehead atoms. The van der Waals surface area contributed by atoms with Gasteiger partial charge in [0, 0.05) is 10.9 Å². The average molecular weight is 456 g/mol. The predicted octanol–water partition coefficient (Wildman–Crippen LogP) is 6.81. The van der Waals surface area contributed by atoms with E-state index < -0.39 is 5.97 Å². The summed E-state index contributed by atoms with van der Waals surface area (Å²) in [7, 11) is 0. The zero-order chi connectivity index (χ0) is 24.2. The van der Waals surface area contributed by atoms with Gasteiger partial charge in [0.2, 0.25) is 5.88 Å². The number of allylic oxidation sites excluding steroid dienone is 1. The maximum atomic E-state index is 14.0. The van der Waals surface area contributed by atoms with Gasteiger partial charge in [0.1, 0.15) is 12.4 Å². The van der Waals surface area contributed by atoms with E-state index in [1.54, 1.807) is 19.1 Å². The highest BCUT2D eigenvalue weighted by Crippen LogP contribution is 2.39. The number of fused-ring (bicyclic) bond motifs is 1. The van der Waals surface area contributed by atoms with Crippen LogP contribution in [0, 0.1) is 19.7 Å². The molecule has 172 valence electrons. The first-order chi connectivity index (χ1) is 16.3. The van der Waals surface area contributed by atoms with Gasteiger partial charge in [-0.1, -0.05) is 60.7 Å². The highest BCUT2D eigenvalue weighted by atomic mass is 19.1. The van der Waals surface area contributed by atoms with E-state index in [0.29, 0.717) is 17.1 Å². The second-order valence-electron chi connectivity index (χ2n) is 8.37. The molecule has 5 heteroatoms. The molecule has 4 rings (SSSR count). The average Bonchev–Trinajstić information content (AvgIpc) is 2.83. The molecule has 0 aliphatic heterocycles. The maximum absolute atomic E-state index is 14.0. The van der Waals surface area contributed by atoms with E-state index in [2.05, 4.69) is 6.58 Å². The van der Waals surface area contributed by atoms with Crippen LogP contribution in [0.5, 0.6) is 5.88 Å². The lowest BCUT2D eigenvalue weighted by molar-refractivity contribution is -0.147. The first kappa shape index (κ1) is 23.2. The van der Waals surface area contributed by atoms with Gasteiger partial charge in [-0.05, 0) is 66.6 Å². The Bertz CT molecular complexity index is 1380. The lowest BCUT2D eigenvalue weighted by Crippen LogP contribution is -2.16. The number of aryl methyl sites for hydroxylation is 2. The normalized spacial score (nSPS) is 10.8. The van der Waals surface area contributed by atoms with E-state index >= 15 is 0 Å². The summed E-state index contributed by atoms with van der Waals surface area (Å²) in [4.78, 5) is 17.1. The Labute approximate surface area is 198 Å². The second-order valence-corrected chi connectivity index (χ2v) is 8.37. The second kappa shape index (κ2) is 9.87. The Hall–Kier alpha value is -3.99. The largest absolute Gasteiger partial charge is 0.465 e. The minimum Gasteiger partial charge on any atom is -0.465 e. The summed E-state index contributed by atoms with van der Waals surface area (Å²) >= 11 is 0. The molecule has 0 radical (unpaired) electrons. The van der Waals surface area contributed by atoms with Crippen molar-refractivity contribution in [2.75, 3.05) is 6.61 Å². The first-order valence-corrected chi connectivity index (χ1v) is 11.0. The minimum atomic E-state index is -0.485. The molecule has 0 spiro atoms. The van der Waals surface area contributed by atoms with Gasteiger partial charge in [-0.25, -0.2) is 14.2 Å². The van der Waals surface area contributed by atoms with Crippen molar-refractivity contribution in [2.24, 2.45) is 0 Å². The van der Waals surface area contributed by atoms with Gasteiger partial charge < -0.3 is 9.47 Å². The van der Waals surface area contributed by atoms with Crippen LogP contribution in [0.2, 0.25) is 0 Å². The van der Waals surface area contributed by atoms with Crippen molar-refractivity contribution in [3.63, 3.8) is 0 Å². The fraction of sp³-hybridized carbons (Fsp3) is 0.172. The van der Waals surface area contributed by atoms with Gasteiger partial charge in [-0.15, -0.1) is 0 Å². The Morgan fingerprint density at radius 3 is 2.47 bits per heavy atom. The summed E-state index contributed by atoms with van der Waals surface area (Å²) in [5.41, 5.74) is 5.53. The Morgan fingerprint density at radius 1 is 1.00 bits per heavy atom.